The van der Waals surface area contributed by atoms with Crippen LogP contribution in [0, 0.1) is 5.41 Å². The van der Waals surface area contributed by atoms with E-state index in [9.17, 15) is 16.8 Å². The van der Waals surface area contributed by atoms with Crippen LogP contribution in [-0.2, 0) is 20.0 Å². The molecule has 3 aliphatic heterocycles. The van der Waals surface area contributed by atoms with Crippen molar-refractivity contribution in [3.63, 3.8) is 0 Å². The standard InChI is InChI=1S/C18H27N9O4S2/c19-32(28,29)16-14(33(30,31)24-12-3-6-21-9-12)2-1-13(15(16)17-22-25-26-23-17)27-10-18(11-27)4-7-20-8-5-18/h1-2,12,20-21,24H,3-11H2,(H2,19,28,29)(H,22,23,25,26)/t12-/m1/s1. The summed E-state index contributed by atoms with van der Waals surface area (Å²) in [6.07, 6.45) is 2.65. The Bertz CT molecular complexity index is 1230. The number of aromatic amines is 1. The van der Waals surface area contributed by atoms with Gasteiger partial charge in [-0.3, -0.25) is 0 Å². The van der Waals surface area contributed by atoms with Crippen LogP contribution in [0.3, 0.4) is 0 Å². The normalized spacial score (nSPS) is 23.1. The zero-order valence-corrected chi connectivity index (χ0v) is 19.5. The molecule has 0 aliphatic carbocycles. The van der Waals surface area contributed by atoms with Crippen LogP contribution >= 0.6 is 0 Å². The molecule has 6 N–H and O–H groups in total. The number of aromatic nitrogens is 4. The Morgan fingerprint density at radius 1 is 1.09 bits per heavy atom. The summed E-state index contributed by atoms with van der Waals surface area (Å²) in [5.74, 6) is 0.0415. The van der Waals surface area contributed by atoms with Crippen molar-refractivity contribution in [2.75, 3.05) is 44.2 Å². The third-order valence-corrected chi connectivity index (χ3v) is 9.38. The zero-order chi connectivity index (χ0) is 23.3. The van der Waals surface area contributed by atoms with Gasteiger partial charge >= 0.3 is 0 Å². The summed E-state index contributed by atoms with van der Waals surface area (Å²) in [4.78, 5) is 1.11. The van der Waals surface area contributed by atoms with E-state index >= 15 is 0 Å². The molecule has 1 atom stereocenters. The Hall–Kier alpha value is -2.17. The maximum Gasteiger partial charge on any atom is 0.242 e. The van der Waals surface area contributed by atoms with Gasteiger partial charge in [0.15, 0.2) is 5.82 Å². The lowest BCUT2D eigenvalue weighted by Crippen LogP contribution is -2.60. The van der Waals surface area contributed by atoms with E-state index in [0.29, 0.717) is 25.2 Å². The Labute approximate surface area is 192 Å². The van der Waals surface area contributed by atoms with Crippen molar-refractivity contribution in [2.24, 2.45) is 10.6 Å². The number of sulfonamides is 2. The zero-order valence-electron chi connectivity index (χ0n) is 17.9. The van der Waals surface area contributed by atoms with E-state index in [-0.39, 0.29) is 22.8 Å². The molecule has 1 aromatic heterocycles. The number of tetrazole rings is 1. The van der Waals surface area contributed by atoms with Gasteiger partial charge in [-0.2, -0.15) is 0 Å². The number of nitrogens with two attached hydrogens (primary N) is 1. The summed E-state index contributed by atoms with van der Waals surface area (Å²) in [5, 5.41) is 25.6. The maximum absolute atomic E-state index is 13.2. The molecule has 180 valence electrons. The predicted octanol–water partition coefficient (Wildman–Crippen LogP) is -1.66. The Morgan fingerprint density at radius 2 is 1.85 bits per heavy atom. The van der Waals surface area contributed by atoms with Gasteiger partial charge in [0, 0.05) is 36.8 Å². The third kappa shape index (κ3) is 4.24. The van der Waals surface area contributed by atoms with Crippen LogP contribution in [0.5, 0.6) is 0 Å². The van der Waals surface area contributed by atoms with E-state index in [1.165, 1.54) is 6.07 Å². The number of primary sulfonamides is 1. The molecule has 0 amide bonds. The molecule has 3 aliphatic rings. The van der Waals surface area contributed by atoms with Gasteiger partial charge in [-0.1, -0.05) is 0 Å². The van der Waals surface area contributed by atoms with Gasteiger partial charge in [0.05, 0.1) is 5.56 Å². The predicted molar refractivity (Wildman–Crippen MR) is 119 cm³/mol. The first kappa shape index (κ1) is 22.6. The smallest absolute Gasteiger partial charge is 0.242 e. The molecule has 15 heteroatoms. The average molecular weight is 498 g/mol. The average Bonchev–Trinajstić information content (AvgIpc) is 3.45. The Balaban J connectivity index is 1.61. The molecule has 33 heavy (non-hydrogen) atoms. The number of hydrogen-bond acceptors (Lipinski definition) is 10. The quantitative estimate of drug-likeness (QED) is 0.309. The SMILES string of the molecule is NS(=O)(=O)c1c(S(=O)(=O)N[C@@H]2CCNC2)ccc(N2CC3(CCNCC3)C2)c1-c1nnn[nH]1. The lowest BCUT2D eigenvalue weighted by Gasteiger charge is -2.54. The second-order valence-corrected chi connectivity index (χ2v) is 12.2. The summed E-state index contributed by atoms with van der Waals surface area (Å²) < 4.78 is 54.7. The molecule has 0 radical (unpaired) electrons. The van der Waals surface area contributed by atoms with Gasteiger partial charge in [-0.05, 0) is 61.5 Å². The highest BCUT2D eigenvalue weighted by atomic mass is 32.2. The van der Waals surface area contributed by atoms with E-state index in [0.717, 1.165) is 39.0 Å². The number of rotatable bonds is 6. The molecule has 0 unspecified atom stereocenters. The number of hydrogen-bond donors (Lipinski definition) is 5. The summed E-state index contributed by atoms with van der Waals surface area (Å²) in [5.41, 5.74) is 0.757. The van der Waals surface area contributed by atoms with Gasteiger partial charge < -0.3 is 15.5 Å². The van der Waals surface area contributed by atoms with E-state index in [1.54, 1.807) is 6.07 Å². The topological polar surface area (TPSA) is 188 Å². The number of nitrogens with zero attached hydrogens (tertiary/aromatic N) is 4. The molecule has 1 aromatic carbocycles. The van der Waals surface area contributed by atoms with Crippen LogP contribution in [0.15, 0.2) is 21.9 Å². The first-order valence-corrected chi connectivity index (χ1v) is 13.8. The molecule has 0 saturated carbocycles. The van der Waals surface area contributed by atoms with E-state index in [4.69, 9.17) is 5.14 Å². The number of anilines is 1. The lowest BCUT2D eigenvalue weighted by molar-refractivity contribution is 0.150. The van der Waals surface area contributed by atoms with Crippen LogP contribution in [0.4, 0.5) is 5.69 Å². The highest BCUT2D eigenvalue weighted by Crippen LogP contribution is 2.46. The Morgan fingerprint density at radius 3 is 2.45 bits per heavy atom. The summed E-state index contributed by atoms with van der Waals surface area (Å²) in [7, 11) is -8.66. The minimum Gasteiger partial charge on any atom is -0.370 e. The molecular weight excluding hydrogens is 470 g/mol. The number of piperidine rings is 1. The number of benzene rings is 1. The molecule has 0 bridgehead atoms. The van der Waals surface area contributed by atoms with Crippen LogP contribution in [-0.4, -0.2) is 82.8 Å². The first-order valence-electron chi connectivity index (χ1n) is 10.8. The minimum atomic E-state index is -4.47. The fraction of sp³-hybridized carbons (Fsp3) is 0.611. The third-order valence-electron chi connectivity index (χ3n) is 6.70. The molecule has 5 rings (SSSR count). The van der Waals surface area contributed by atoms with Gasteiger partial charge in [-0.25, -0.2) is 31.8 Å². The molecule has 3 fully saturated rings. The van der Waals surface area contributed by atoms with Crippen molar-refractivity contribution in [1.82, 2.24) is 36.0 Å². The summed E-state index contributed by atoms with van der Waals surface area (Å²) in [6, 6.07) is 2.58. The summed E-state index contributed by atoms with van der Waals surface area (Å²) in [6.45, 7) is 4.47. The van der Waals surface area contributed by atoms with Crippen molar-refractivity contribution in [2.45, 2.75) is 35.1 Å². The highest BCUT2D eigenvalue weighted by molar-refractivity contribution is 7.92. The highest BCUT2D eigenvalue weighted by Gasteiger charge is 2.45. The van der Waals surface area contributed by atoms with Crippen molar-refractivity contribution in [1.29, 1.82) is 0 Å². The van der Waals surface area contributed by atoms with E-state index < -0.39 is 29.8 Å². The van der Waals surface area contributed by atoms with Gasteiger partial charge in [0.25, 0.3) is 0 Å². The van der Waals surface area contributed by atoms with Crippen molar-refractivity contribution in [3.8, 4) is 11.4 Å². The van der Waals surface area contributed by atoms with Crippen LogP contribution < -0.4 is 25.4 Å². The monoisotopic (exact) mass is 497 g/mol. The number of H-pyrrole nitrogens is 1. The van der Waals surface area contributed by atoms with Crippen molar-refractivity contribution >= 4 is 25.7 Å². The number of nitrogens with one attached hydrogen (secondary N) is 4. The van der Waals surface area contributed by atoms with Crippen LogP contribution in [0.2, 0.25) is 0 Å². The molecular formula is C18H27N9O4S2. The van der Waals surface area contributed by atoms with Crippen LogP contribution in [0.25, 0.3) is 11.4 Å². The largest absolute Gasteiger partial charge is 0.370 e. The molecule has 3 saturated heterocycles. The van der Waals surface area contributed by atoms with Gasteiger partial charge in [0.2, 0.25) is 20.0 Å². The lowest BCUT2D eigenvalue weighted by atomic mass is 9.72. The van der Waals surface area contributed by atoms with Crippen molar-refractivity contribution < 1.29 is 16.8 Å². The first-order chi connectivity index (χ1) is 15.7. The second kappa shape index (κ2) is 8.25. The van der Waals surface area contributed by atoms with Crippen molar-refractivity contribution in [3.05, 3.63) is 12.1 Å². The molecule has 13 nitrogen and oxygen atoms in total. The fourth-order valence-electron chi connectivity index (χ4n) is 5.05. The van der Waals surface area contributed by atoms with Gasteiger partial charge in [0.1, 0.15) is 9.79 Å². The van der Waals surface area contributed by atoms with E-state index in [1.807, 2.05) is 4.90 Å². The van der Waals surface area contributed by atoms with Gasteiger partial charge in [-0.15, -0.1) is 5.10 Å². The second-order valence-electron chi connectivity index (χ2n) is 9.00. The molecule has 2 aromatic rings. The Kier molecular flexibility index (Phi) is 5.65. The van der Waals surface area contributed by atoms with E-state index in [2.05, 4.69) is 36.0 Å². The summed E-state index contributed by atoms with van der Waals surface area (Å²) >= 11 is 0. The molecule has 1 spiro atoms. The minimum absolute atomic E-state index is 0.0415. The molecule has 4 heterocycles. The van der Waals surface area contributed by atoms with Crippen LogP contribution in [0.1, 0.15) is 19.3 Å². The maximum atomic E-state index is 13.2. The fourth-order valence-corrected chi connectivity index (χ4v) is 7.92.